The molecule has 166 valence electrons. The summed E-state index contributed by atoms with van der Waals surface area (Å²) in [5.41, 5.74) is 1.01. The van der Waals surface area contributed by atoms with Crippen LogP contribution >= 0.6 is 0 Å². The number of carbonyl (C=O) groups is 2. The molecule has 0 aromatic rings. The minimum absolute atomic E-state index is 0.0340. The number of aliphatic hydroxyl groups is 2. The molecule has 2 aliphatic carbocycles. The van der Waals surface area contributed by atoms with E-state index in [1.807, 2.05) is 13.0 Å². The van der Waals surface area contributed by atoms with Crippen LogP contribution in [0.4, 0.5) is 0 Å². The Kier molecular flexibility index (Phi) is 5.38. The molecular weight excluding hydrogens is 382 g/mol. The van der Waals surface area contributed by atoms with Crippen LogP contribution in [0.15, 0.2) is 23.3 Å². The molecule has 0 saturated carbocycles. The Morgan fingerprint density at radius 1 is 1.20 bits per heavy atom. The van der Waals surface area contributed by atoms with Crippen molar-refractivity contribution in [2.75, 3.05) is 0 Å². The van der Waals surface area contributed by atoms with Crippen LogP contribution in [0.3, 0.4) is 0 Å². The van der Waals surface area contributed by atoms with Gasteiger partial charge < -0.3 is 20.3 Å². The van der Waals surface area contributed by atoms with Gasteiger partial charge in [-0.2, -0.15) is 0 Å². The number of esters is 1. The molecule has 0 bridgehead atoms. The molecule has 4 rings (SSSR count). The van der Waals surface area contributed by atoms with Crippen molar-refractivity contribution >= 4 is 11.9 Å². The summed E-state index contributed by atoms with van der Waals surface area (Å²) in [5.74, 6) is -1.24. The predicted molar refractivity (Wildman–Crippen MR) is 112 cm³/mol. The third-order valence-corrected chi connectivity index (χ3v) is 8.06. The summed E-state index contributed by atoms with van der Waals surface area (Å²) in [5, 5.41) is 23.8. The molecule has 2 heterocycles. The van der Waals surface area contributed by atoms with Gasteiger partial charge in [-0.1, -0.05) is 44.1 Å². The molecule has 2 aliphatic heterocycles. The van der Waals surface area contributed by atoms with E-state index < -0.39 is 29.7 Å². The Balaban J connectivity index is 1.85. The Bertz CT molecular complexity index is 801. The fraction of sp³-hybridized carbons (Fsp3) is 0.750. The zero-order chi connectivity index (χ0) is 22.0. The van der Waals surface area contributed by atoms with Crippen molar-refractivity contribution in [1.29, 1.82) is 0 Å². The molecule has 0 radical (unpaired) electrons. The van der Waals surface area contributed by atoms with E-state index in [0.717, 1.165) is 12.0 Å². The van der Waals surface area contributed by atoms with E-state index in [1.54, 1.807) is 0 Å². The summed E-state index contributed by atoms with van der Waals surface area (Å²) in [4.78, 5) is 26.8. The molecule has 6 nitrogen and oxygen atoms in total. The maximum absolute atomic E-state index is 13.5. The first-order valence-electron chi connectivity index (χ1n) is 11.3. The van der Waals surface area contributed by atoms with E-state index >= 15 is 0 Å². The summed E-state index contributed by atoms with van der Waals surface area (Å²) >= 11 is 0. The summed E-state index contributed by atoms with van der Waals surface area (Å²) in [6.45, 7) is 10.5. The van der Waals surface area contributed by atoms with Crippen LogP contribution in [0.25, 0.3) is 0 Å². The zero-order valence-electron chi connectivity index (χ0n) is 18.6. The number of ether oxygens (including phenoxy) is 1. The topological polar surface area (TPSA) is 95.9 Å². The Morgan fingerprint density at radius 2 is 1.90 bits per heavy atom. The van der Waals surface area contributed by atoms with Gasteiger partial charge in [0, 0.05) is 23.8 Å². The first-order chi connectivity index (χ1) is 14.1. The van der Waals surface area contributed by atoms with Crippen LogP contribution in [0.5, 0.6) is 0 Å². The van der Waals surface area contributed by atoms with Gasteiger partial charge in [-0.15, -0.1) is 0 Å². The molecular formula is C24H35NO5. The van der Waals surface area contributed by atoms with Crippen molar-refractivity contribution in [1.82, 2.24) is 5.32 Å². The normalized spacial score (nSPS) is 45.9. The van der Waals surface area contributed by atoms with Gasteiger partial charge in [0.25, 0.3) is 5.91 Å². The van der Waals surface area contributed by atoms with E-state index in [-0.39, 0.29) is 42.0 Å². The van der Waals surface area contributed by atoms with Crippen molar-refractivity contribution in [3.63, 3.8) is 0 Å². The van der Waals surface area contributed by atoms with Crippen molar-refractivity contribution < 1.29 is 24.5 Å². The van der Waals surface area contributed by atoms with Gasteiger partial charge in [0.1, 0.15) is 0 Å². The Morgan fingerprint density at radius 3 is 2.57 bits per heavy atom. The smallest absolute Gasteiger partial charge is 0.310 e. The second-order valence-corrected chi connectivity index (χ2v) is 10.4. The van der Waals surface area contributed by atoms with Crippen LogP contribution in [0.1, 0.15) is 53.9 Å². The molecule has 6 heteroatoms. The molecule has 3 N–H and O–H groups in total. The fourth-order valence-corrected chi connectivity index (χ4v) is 6.52. The predicted octanol–water partition coefficient (Wildman–Crippen LogP) is 2.35. The van der Waals surface area contributed by atoms with E-state index in [9.17, 15) is 19.8 Å². The molecule has 0 aromatic heterocycles. The van der Waals surface area contributed by atoms with Gasteiger partial charge in [0.2, 0.25) is 5.60 Å². The lowest BCUT2D eigenvalue weighted by Gasteiger charge is -2.53. The Labute approximate surface area is 178 Å². The van der Waals surface area contributed by atoms with Gasteiger partial charge in [-0.3, -0.25) is 9.59 Å². The fourth-order valence-electron chi connectivity index (χ4n) is 6.52. The van der Waals surface area contributed by atoms with Crippen LogP contribution in [-0.4, -0.2) is 45.9 Å². The molecule has 9 atom stereocenters. The number of aliphatic hydroxyl groups excluding tert-OH is 2. The second-order valence-electron chi connectivity index (χ2n) is 10.4. The van der Waals surface area contributed by atoms with Crippen molar-refractivity contribution in [3.8, 4) is 0 Å². The summed E-state index contributed by atoms with van der Waals surface area (Å²) in [7, 11) is 0. The van der Waals surface area contributed by atoms with E-state index in [2.05, 4.69) is 39.1 Å². The number of hydrogen-bond donors (Lipinski definition) is 3. The third kappa shape index (κ3) is 3.06. The number of carbonyl (C=O) groups excluding carboxylic acids is 2. The number of hydrogen-bond acceptors (Lipinski definition) is 5. The molecule has 2 saturated heterocycles. The lowest BCUT2D eigenvalue weighted by atomic mass is 9.55. The maximum Gasteiger partial charge on any atom is 0.310 e. The van der Waals surface area contributed by atoms with Crippen LogP contribution in [0.2, 0.25) is 0 Å². The first-order valence-corrected chi connectivity index (χ1v) is 11.3. The highest BCUT2D eigenvalue weighted by Gasteiger charge is 2.69. The quantitative estimate of drug-likeness (QED) is 0.473. The van der Waals surface area contributed by atoms with Gasteiger partial charge in [0.05, 0.1) is 18.1 Å². The largest absolute Gasteiger partial charge is 0.448 e. The molecule has 0 aromatic carbocycles. The standard InChI is InChI=1S/C24H35NO5/c1-11(2)8-17-21-14(5)13(4)9-16-20-12(3)6-7-18(26)19(27)10-15(20)22(28)30-24(16,21)23(29)25-17/h6,9,11,14-21,26-27H,7-8,10H2,1-5H3,(H,25,29). The highest BCUT2D eigenvalue weighted by molar-refractivity contribution is 5.94. The highest BCUT2D eigenvalue weighted by Crippen LogP contribution is 2.57. The monoisotopic (exact) mass is 417 g/mol. The summed E-state index contributed by atoms with van der Waals surface area (Å²) in [6.07, 6.45) is 3.51. The molecule has 30 heavy (non-hydrogen) atoms. The van der Waals surface area contributed by atoms with Gasteiger partial charge in [-0.25, -0.2) is 0 Å². The lowest BCUT2D eigenvalue weighted by Crippen LogP contribution is -2.64. The maximum atomic E-state index is 13.5. The van der Waals surface area contributed by atoms with Gasteiger partial charge in [0.15, 0.2) is 0 Å². The molecule has 4 aliphatic rings. The molecule has 9 unspecified atom stereocenters. The molecule has 1 amide bonds. The SMILES string of the molecule is CC1=CC2C3C(C)=CCC(O)C(O)CC3C(=O)OC23C(=O)NC(CC(C)C)C3C1C. The second kappa shape index (κ2) is 7.49. The van der Waals surface area contributed by atoms with E-state index in [4.69, 9.17) is 4.74 Å². The van der Waals surface area contributed by atoms with Crippen molar-refractivity contribution in [2.24, 2.45) is 35.5 Å². The van der Waals surface area contributed by atoms with Crippen LogP contribution < -0.4 is 5.32 Å². The van der Waals surface area contributed by atoms with Crippen LogP contribution in [-0.2, 0) is 14.3 Å². The van der Waals surface area contributed by atoms with Gasteiger partial charge in [-0.05, 0) is 44.9 Å². The average Bonchev–Trinajstić information content (AvgIpc) is 2.92. The average molecular weight is 418 g/mol. The lowest BCUT2D eigenvalue weighted by molar-refractivity contribution is -0.203. The van der Waals surface area contributed by atoms with E-state index in [0.29, 0.717) is 12.3 Å². The summed E-state index contributed by atoms with van der Waals surface area (Å²) < 4.78 is 6.13. The van der Waals surface area contributed by atoms with Crippen molar-refractivity contribution in [2.45, 2.75) is 77.7 Å². The van der Waals surface area contributed by atoms with E-state index in [1.165, 1.54) is 5.57 Å². The minimum Gasteiger partial charge on any atom is -0.448 e. The Hall–Kier alpha value is -1.66. The third-order valence-electron chi connectivity index (χ3n) is 8.06. The van der Waals surface area contributed by atoms with Gasteiger partial charge >= 0.3 is 5.97 Å². The number of rotatable bonds is 2. The molecule has 1 spiro atoms. The van der Waals surface area contributed by atoms with Crippen LogP contribution in [0, 0.1) is 35.5 Å². The number of nitrogens with one attached hydrogen (secondary N) is 1. The zero-order valence-corrected chi connectivity index (χ0v) is 18.6. The number of allylic oxidation sites excluding steroid dienone is 2. The molecule has 2 fully saturated rings. The number of amides is 1. The highest BCUT2D eigenvalue weighted by atomic mass is 16.6. The minimum atomic E-state index is -1.20. The summed E-state index contributed by atoms with van der Waals surface area (Å²) in [6, 6.07) is -0.0340. The number of fused-ring (bicyclic) bond motifs is 2. The van der Waals surface area contributed by atoms with Crippen molar-refractivity contribution in [3.05, 3.63) is 23.3 Å². The first kappa shape index (κ1) is 21.6.